The second-order valence-electron chi connectivity index (χ2n) is 6.37. The van der Waals surface area contributed by atoms with E-state index in [-0.39, 0.29) is 11.9 Å². The lowest BCUT2D eigenvalue weighted by Gasteiger charge is -2.21. The topological polar surface area (TPSA) is 61.4 Å². The lowest BCUT2D eigenvalue weighted by Crippen LogP contribution is -2.37. The van der Waals surface area contributed by atoms with Crippen molar-refractivity contribution in [3.8, 4) is 11.3 Å². The molecule has 6 heteroatoms. The first-order chi connectivity index (χ1) is 11.5. The summed E-state index contributed by atoms with van der Waals surface area (Å²) in [6, 6.07) is 10.4. The summed E-state index contributed by atoms with van der Waals surface area (Å²) in [5, 5.41) is 2.98. The first-order valence-corrected chi connectivity index (χ1v) is 8.14. The molecule has 1 fully saturated rings. The first-order valence-electron chi connectivity index (χ1n) is 8.14. The quantitative estimate of drug-likeness (QED) is 0.910. The fourth-order valence-electron chi connectivity index (χ4n) is 2.85. The van der Waals surface area contributed by atoms with Crippen LogP contribution in [0.15, 0.2) is 36.5 Å². The molecular weight excluding hydrogens is 302 g/mol. The lowest BCUT2D eigenvalue weighted by molar-refractivity contribution is -0.119. The predicted octanol–water partition coefficient (Wildman–Crippen LogP) is 1.92. The molecule has 1 aromatic heterocycles. The molecule has 1 saturated heterocycles. The van der Waals surface area contributed by atoms with Gasteiger partial charge in [-0.25, -0.2) is 9.97 Å². The molecule has 1 unspecified atom stereocenters. The van der Waals surface area contributed by atoms with Crippen LogP contribution in [-0.2, 0) is 4.79 Å². The number of rotatable bonds is 5. The molecule has 1 aliphatic rings. The highest BCUT2D eigenvalue weighted by molar-refractivity contribution is 5.78. The number of hydrogen-bond acceptors (Lipinski definition) is 5. The van der Waals surface area contributed by atoms with Crippen molar-refractivity contribution in [1.82, 2.24) is 15.3 Å². The average molecular weight is 325 g/mol. The molecule has 0 radical (unpaired) electrons. The van der Waals surface area contributed by atoms with Crippen LogP contribution in [0.2, 0.25) is 0 Å². The molecule has 0 saturated carbocycles. The normalized spacial score (nSPS) is 16.8. The number of nitrogens with one attached hydrogen (secondary N) is 1. The van der Waals surface area contributed by atoms with E-state index in [0.717, 1.165) is 29.9 Å². The number of carbonyl (C=O) groups is 1. The highest BCUT2D eigenvalue weighted by Gasteiger charge is 2.22. The monoisotopic (exact) mass is 325 g/mol. The summed E-state index contributed by atoms with van der Waals surface area (Å²) in [5.41, 5.74) is 3.11. The van der Waals surface area contributed by atoms with E-state index < -0.39 is 0 Å². The molecule has 6 nitrogen and oxygen atoms in total. The van der Waals surface area contributed by atoms with Crippen LogP contribution in [0, 0.1) is 0 Å². The zero-order valence-corrected chi connectivity index (χ0v) is 14.4. The van der Waals surface area contributed by atoms with E-state index in [1.807, 2.05) is 32.1 Å². The van der Waals surface area contributed by atoms with Gasteiger partial charge in [-0.3, -0.25) is 4.79 Å². The van der Waals surface area contributed by atoms with Gasteiger partial charge in [-0.1, -0.05) is 12.1 Å². The summed E-state index contributed by atoms with van der Waals surface area (Å²) in [6.07, 6.45) is 3.26. The summed E-state index contributed by atoms with van der Waals surface area (Å²) in [7, 11) is 6.00. The summed E-state index contributed by atoms with van der Waals surface area (Å²) in [5.74, 6) is 0.800. The molecule has 24 heavy (non-hydrogen) atoms. The maximum absolute atomic E-state index is 11.3. The third-order valence-corrected chi connectivity index (χ3v) is 4.24. The van der Waals surface area contributed by atoms with Crippen LogP contribution < -0.4 is 15.1 Å². The van der Waals surface area contributed by atoms with Crippen molar-refractivity contribution in [2.45, 2.75) is 18.9 Å². The van der Waals surface area contributed by atoms with E-state index in [1.54, 1.807) is 6.20 Å². The van der Waals surface area contributed by atoms with Gasteiger partial charge in [-0.15, -0.1) is 0 Å². The second-order valence-corrected chi connectivity index (χ2v) is 6.37. The van der Waals surface area contributed by atoms with Crippen LogP contribution in [0.1, 0.15) is 12.8 Å². The molecule has 2 heterocycles. The standard InChI is InChI=1S/C18H23N5O/c1-22(2)15-7-4-13(5-8-15)16-10-11-19-18(21-16)23(3)12-14-6-9-17(24)20-14/h4-5,7-8,10-11,14H,6,9,12H2,1-3H3,(H,20,24). The number of aromatic nitrogens is 2. The zero-order chi connectivity index (χ0) is 17.1. The largest absolute Gasteiger partial charge is 0.378 e. The molecule has 1 aromatic carbocycles. The summed E-state index contributed by atoms with van der Waals surface area (Å²) < 4.78 is 0. The molecule has 126 valence electrons. The molecule has 1 amide bonds. The lowest BCUT2D eigenvalue weighted by atomic mass is 10.1. The van der Waals surface area contributed by atoms with Crippen molar-refractivity contribution in [2.24, 2.45) is 0 Å². The molecule has 0 spiro atoms. The van der Waals surface area contributed by atoms with E-state index in [9.17, 15) is 4.79 Å². The predicted molar refractivity (Wildman–Crippen MR) is 96.2 cm³/mol. The average Bonchev–Trinajstić information content (AvgIpc) is 3.00. The van der Waals surface area contributed by atoms with Crippen molar-refractivity contribution < 1.29 is 4.79 Å². The fourth-order valence-corrected chi connectivity index (χ4v) is 2.85. The minimum Gasteiger partial charge on any atom is -0.378 e. The number of anilines is 2. The number of hydrogen-bond donors (Lipinski definition) is 1. The number of carbonyl (C=O) groups excluding carboxylic acids is 1. The fraction of sp³-hybridized carbons (Fsp3) is 0.389. The third-order valence-electron chi connectivity index (χ3n) is 4.24. The highest BCUT2D eigenvalue weighted by Crippen LogP contribution is 2.22. The van der Waals surface area contributed by atoms with Gasteiger partial charge in [-0.2, -0.15) is 0 Å². The van der Waals surface area contributed by atoms with Crippen LogP contribution in [-0.4, -0.2) is 49.6 Å². The van der Waals surface area contributed by atoms with Gasteiger partial charge in [0, 0.05) is 57.6 Å². The Kier molecular flexibility index (Phi) is 4.64. The number of benzene rings is 1. The van der Waals surface area contributed by atoms with E-state index in [4.69, 9.17) is 0 Å². The Morgan fingerprint density at radius 2 is 1.92 bits per heavy atom. The van der Waals surface area contributed by atoms with E-state index in [1.165, 1.54) is 0 Å². The van der Waals surface area contributed by atoms with Gasteiger partial charge in [0.1, 0.15) is 0 Å². The highest BCUT2D eigenvalue weighted by atomic mass is 16.1. The Morgan fingerprint density at radius 3 is 2.54 bits per heavy atom. The maximum Gasteiger partial charge on any atom is 0.225 e. The third kappa shape index (κ3) is 3.64. The molecule has 3 rings (SSSR count). The minimum absolute atomic E-state index is 0.129. The molecule has 0 aliphatic carbocycles. The van der Waals surface area contributed by atoms with Crippen LogP contribution in [0.3, 0.4) is 0 Å². The van der Waals surface area contributed by atoms with E-state index in [2.05, 4.69) is 44.5 Å². The van der Waals surface area contributed by atoms with Gasteiger partial charge in [0.05, 0.1) is 5.69 Å². The van der Waals surface area contributed by atoms with Gasteiger partial charge < -0.3 is 15.1 Å². The Morgan fingerprint density at radius 1 is 1.17 bits per heavy atom. The van der Waals surface area contributed by atoms with Crippen molar-refractivity contribution in [2.75, 3.05) is 37.5 Å². The smallest absolute Gasteiger partial charge is 0.225 e. The summed E-state index contributed by atoms with van der Waals surface area (Å²) in [6.45, 7) is 0.717. The Bertz CT molecular complexity index is 714. The second kappa shape index (κ2) is 6.86. The van der Waals surface area contributed by atoms with Gasteiger partial charge >= 0.3 is 0 Å². The van der Waals surface area contributed by atoms with Crippen LogP contribution in [0.4, 0.5) is 11.6 Å². The van der Waals surface area contributed by atoms with Gasteiger partial charge in [0.2, 0.25) is 11.9 Å². The van der Waals surface area contributed by atoms with Gasteiger partial charge in [0.25, 0.3) is 0 Å². The molecular formula is C18H23N5O. The Hall–Kier alpha value is -2.63. The van der Waals surface area contributed by atoms with Crippen LogP contribution in [0.25, 0.3) is 11.3 Å². The Labute approximate surface area is 142 Å². The minimum atomic E-state index is 0.129. The number of amides is 1. The van der Waals surface area contributed by atoms with Crippen LogP contribution in [0.5, 0.6) is 0 Å². The van der Waals surface area contributed by atoms with E-state index in [0.29, 0.717) is 12.4 Å². The molecule has 1 atom stereocenters. The number of likely N-dealkylation sites (N-methyl/N-ethyl adjacent to an activating group) is 1. The molecule has 1 N–H and O–H groups in total. The van der Waals surface area contributed by atoms with Crippen molar-refractivity contribution in [1.29, 1.82) is 0 Å². The first kappa shape index (κ1) is 16.2. The maximum atomic E-state index is 11.3. The molecule has 2 aromatic rings. The van der Waals surface area contributed by atoms with Gasteiger partial charge in [-0.05, 0) is 24.6 Å². The van der Waals surface area contributed by atoms with Crippen LogP contribution >= 0.6 is 0 Å². The van der Waals surface area contributed by atoms with Crippen molar-refractivity contribution in [3.63, 3.8) is 0 Å². The SMILES string of the molecule is CN(C)c1ccc(-c2ccnc(N(C)CC3CCC(=O)N3)n2)cc1. The summed E-state index contributed by atoms with van der Waals surface area (Å²) >= 11 is 0. The van der Waals surface area contributed by atoms with Crippen molar-refractivity contribution in [3.05, 3.63) is 36.5 Å². The van der Waals surface area contributed by atoms with Gasteiger partial charge in [0.15, 0.2) is 0 Å². The van der Waals surface area contributed by atoms with E-state index >= 15 is 0 Å². The molecule has 0 bridgehead atoms. The number of nitrogens with zero attached hydrogens (tertiary/aromatic N) is 4. The Balaban J connectivity index is 1.74. The summed E-state index contributed by atoms with van der Waals surface area (Å²) in [4.78, 5) is 24.4. The molecule has 1 aliphatic heterocycles. The zero-order valence-electron chi connectivity index (χ0n) is 14.4. The van der Waals surface area contributed by atoms with Crippen molar-refractivity contribution >= 4 is 17.5 Å².